The molecule has 1 heterocycles. The van der Waals surface area contributed by atoms with Gasteiger partial charge in [-0.2, -0.15) is 0 Å². The van der Waals surface area contributed by atoms with Crippen molar-refractivity contribution in [1.29, 1.82) is 0 Å². The quantitative estimate of drug-likeness (QED) is 0.304. The van der Waals surface area contributed by atoms with E-state index in [1.165, 1.54) is 20.3 Å². The molecular formula is C26H22O7. The minimum absolute atomic E-state index is 0.146. The Balaban J connectivity index is 1.61. The number of allylic oxidation sites excluding steroid dienone is 1. The van der Waals surface area contributed by atoms with Crippen LogP contribution in [0.1, 0.15) is 31.8 Å². The van der Waals surface area contributed by atoms with Gasteiger partial charge in [-0.25, -0.2) is 4.79 Å². The second kappa shape index (κ2) is 9.08. The maximum absolute atomic E-state index is 13.0. The first-order chi connectivity index (χ1) is 15.9. The summed E-state index contributed by atoms with van der Waals surface area (Å²) in [7, 11) is 4.62. The molecule has 0 N–H and O–H groups in total. The van der Waals surface area contributed by atoms with Crippen molar-refractivity contribution in [2.75, 3.05) is 21.3 Å². The van der Waals surface area contributed by atoms with Crippen molar-refractivity contribution in [2.45, 2.75) is 6.92 Å². The Hall–Kier alpha value is -4.26. The van der Waals surface area contributed by atoms with E-state index in [1.807, 2.05) is 0 Å². The molecule has 0 bridgehead atoms. The number of Topliss-reactive ketones (excluding diaryl/α,β-unsaturated/α-hetero) is 1. The number of methoxy groups -OCH3 is 3. The van der Waals surface area contributed by atoms with Gasteiger partial charge >= 0.3 is 5.97 Å². The van der Waals surface area contributed by atoms with E-state index in [0.717, 1.165) is 0 Å². The van der Waals surface area contributed by atoms with Crippen molar-refractivity contribution in [3.05, 3.63) is 82.6 Å². The van der Waals surface area contributed by atoms with E-state index in [9.17, 15) is 9.59 Å². The average Bonchev–Trinajstić information content (AvgIpc) is 3.14. The smallest absolute Gasteiger partial charge is 0.343 e. The largest absolute Gasteiger partial charge is 0.497 e. The van der Waals surface area contributed by atoms with Crippen molar-refractivity contribution in [2.24, 2.45) is 0 Å². The van der Waals surface area contributed by atoms with E-state index in [4.69, 9.17) is 23.7 Å². The Morgan fingerprint density at radius 2 is 1.64 bits per heavy atom. The summed E-state index contributed by atoms with van der Waals surface area (Å²) in [4.78, 5) is 25.6. The van der Waals surface area contributed by atoms with Crippen LogP contribution in [0.2, 0.25) is 0 Å². The monoisotopic (exact) mass is 446 g/mol. The number of hydrogen-bond acceptors (Lipinski definition) is 7. The van der Waals surface area contributed by atoms with Crippen LogP contribution in [-0.4, -0.2) is 33.1 Å². The number of rotatable bonds is 6. The van der Waals surface area contributed by atoms with Crippen LogP contribution < -0.4 is 23.7 Å². The van der Waals surface area contributed by atoms with Crippen LogP contribution in [0.15, 0.2) is 60.4 Å². The lowest BCUT2D eigenvalue weighted by Gasteiger charge is -2.09. The zero-order chi connectivity index (χ0) is 23.5. The lowest BCUT2D eigenvalue weighted by molar-refractivity contribution is 0.0734. The highest BCUT2D eigenvalue weighted by Crippen LogP contribution is 2.38. The fourth-order valence-corrected chi connectivity index (χ4v) is 3.53. The van der Waals surface area contributed by atoms with Gasteiger partial charge in [0.1, 0.15) is 28.7 Å². The highest BCUT2D eigenvalue weighted by atomic mass is 16.5. The summed E-state index contributed by atoms with van der Waals surface area (Å²) < 4.78 is 27.1. The van der Waals surface area contributed by atoms with Crippen LogP contribution in [0.5, 0.6) is 28.7 Å². The Bertz CT molecular complexity index is 1270. The molecule has 0 unspecified atom stereocenters. The zero-order valence-electron chi connectivity index (χ0n) is 18.6. The Morgan fingerprint density at radius 1 is 0.879 bits per heavy atom. The van der Waals surface area contributed by atoms with Gasteiger partial charge in [-0.1, -0.05) is 6.07 Å². The molecule has 1 aliphatic rings. The third-order valence-electron chi connectivity index (χ3n) is 5.19. The molecule has 0 saturated carbocycles. The zero-order valence-corrected chi connectivity index (χ0v) is 18.6. The number of esters is 1. The molecule has 0 aliphatic carbocycles. The van der Waals surface area contributed by atoms with Crippen LogP contribution in [0.25, 0.3) is 6.08 Å². The second-order valence-electron chi connectivity index (χ2n) is 7.28. The normalized spacial score (nSPS) is 13.3. The van der Waals surface area contributed by atoms with Gasteiger partial charge in [0.05, 0.1) is 32.5 Å². The van der Waals surface area contributed by atoms with Crippen LogP contribution in [0, 0.1) is 6.92 Å². The van der Waals surface area contributed by atoms with Gasteiger partial charge in [-0.05, 0) is 55.0 Å². The van der Waals surface area contributed by atoms with E-state index in [1.54, 1.807) is 68.6 Å². The SMILES string of the molecule is COc1cccc(C(=O)Oc2cc(C)c3c(c2)O/C(=C\c2ccc(OC)cc2OC)C3=O)c1. The third-order valence-corrected chi connectivity index (χ3v) is 5.19. The van der Waals surface area contributed by atoms with Crippen LogP contribution in [0.4, 0.5) is 0 Å². The number of carbonyl (C=O) groups excluding carboxylic acids is 2. The number of carbonyl (C=O) groups is 2. The number of ether oxygens (including phenoxy) is 5. The summed E-state index contributed by atoms with van der Waals surface area (Å²) in [5, 5.41) is 0. The highest BCUT2D eigenvalue weighted by molar-refractivity contribution is 6.15. The fraction of sp³-hybridized carbons (Fsp3) is 0.154. The van der Waals surface area contributed by atoms with Gasteiger partial charge < -0.3 is 23.7 Å². The lowest BCUT2D eigenvalue weighted by Crippen LogP contribution is -2.09. The molecule has 1 aliphatic heterocycles. The van der Waals surface area contributed by atoms with Crippen LogP contribution in [-0.2, 0) is 0 Å². The molecule has 0 spiro atoms. The summed E-state index contributed by atoms with van der Waals surface area (Å²) in [5.41, 5.74) is 2.07. The van der Waals surface area contributed by atoms with Crippen LogP contribution >= 0.6 is 0 Å². The minimum Gasteiger partial charge on any atom is -0.497 e. The summed E-state index contributed by atoms with van der Waals surface area (Å²) in [5.74, 6) is 1.66. The molecule has 168 valence electrons. The third kappa shape index (κ3) is 4.39. The molecule has 33 heavy (non-hydrogen) atoms. The molecule has 4 rings (SSSR count). The molecule has 0 radical (unpaired) electrons. The molecule has 0 fully saturated rings. The van der Waals surface area contributed by atoms with Crippen molar-refractivity contribution >= 4 is 17.8 Å². The Morgan fingerprint density at radius 3 is 2.36 bits per heavy atom. The molecule has 7 heteroatoms. The van der Waals surface area contributed by atoms with Crippen molar-refractivity contribution in [3.8, 4) is 28.7 Å². The molecule has 0 amide bonds. The number of ketones is 1. The molecule has 7 nitrogen and oxygen atoms in total. The van der Waals surface area contributed by atoms with E-state index in [0.29, 0.717) is 45.3 Å². The van der Waals surface area contributed by atoms with Crippen LogP contribution in [0.3, 0.4) is 0 Å². The highest BCUT2D eigenvalue weighted by Gasteiger charge is 2.30. The maximum Gasteiger partial charge on any atom is 0.343 e. The Labute approximate surface area is 191 Å². The molecule has 0 aromatic heterocycles. The molecule has 0 atom stereocenters. The van der Waals surface area contributed by atoms with Crippen molar-refractivity contribution in [1.82, 2.24) is 0 Å². The number of benzene rings is 3. The number of fused-ring (bicyclic) bond motifs is 1. The van der Waals surface area contributed by atoms with Gasteiger partial charge in [0.2, 0.25) is 5.78 Å². The van der Waals surface area contributed by atoms with Gasteiger partial charge in [0.25, 0.3) is 0 Å². The number of hydrogen-bond donors (Lipinski definition) is 0. The van der Waals surface area contributed by atoms with Gasteiger partial charge in [0.15, 0.2) is 5.76 Å². The predicted molar refractivity (Wildman–Crippen MR) is 122 cm³/mol. The van der Waals surface area contributed by atoms with E-state index in [2.05, 4.69) is 0 Å². The first-order valence-corrected chi connectivity index (χ1v) is 10.1. The first kappa shape index (κ1) is 22.0. The van der Waals surface area contributed by atoms with Crippen molar-refractivity contribution in [3.63, 3.8) is 0 Å². The van der Waals surface area contributed by atoms with E-state index < -0.39 is 5.97 Å². The Kier molecular flexibility index (Phi) is 6.04. The minimum atomic E-state index is -0.545. The maximum atomic E-state index is 13.0. The molecule has 0 saturated heterocycles. The predicted octanol–water partition coefficient (Wildman–Crippen LogP) is 4.86. The van der Waals surface area contributed by atoms with Gasteiger partial charge in [0, 0.05) is 17.7 Å². The summed E-state index contributed by atoms with van der Waals surface area (Å²) in [6, 6.07) is 15.1. The molecule has 3 aromatic carbocycles. The summed E-state index contributed by atoms with van der Waals surface area (Å²) >= 11 is 0. The number of aryl methyl sites for hydroxylation is 1. The summed E-state index contributed by atoms with van der Waals surface area (Å²) in [6.45, 7) is 1.76. The van der Waals surface area contributed by atoms with Gasteiger partial charge in [-0.15, -0.1) is 0 Å². The standard InChI is InChI=1S/C26H22O7/c1-15-10-20(32-26(28)17-6-5-7-18(11-17)29-2)14-22-24(15)25(27)23(33-22)12-16-8-9-19(30-3)13-21(16)31-4/h5-14H,1-4H3/b23-12-. The summed E-state index contributed by atoms with van der Waals surface area (Å²) in [6.07, 6.45) is 1.61. The van der Waals surface area contributed by atoms with Crippen molar-refractivity contribution < 1.29 is 33.3 Å². The molecule has 3 aromatic rings. The second-order valence-corrected chi connectivity index (χ2v) is 7.28. The van der Waals surface area contributed by atoms with E-state index >= 15 is 0 Å². The van der Waals surface area contributed by atoms with E-state index in [-0.39, 0.29) is 17.3 Å². The lowest BCUT2D eigenvalue weighted by atomic mass is 10.0. The average molecular weight is 446 g/mol. The molecular weight excluding hydrogens is 424 g/mol. The first-order valence-electron chi connectivity index (χ1n) is 10.1. The van der Waals surface area contributed by atoms with Gasteiger partial charge in [-0.3, -0.25) is 4.79 Å². The topological polar surface area (TPSA) is 80.3 Å². The fourth-order valence-electron chi connectivity index (χ4n) is 3.53.